The molecule has 3 rings (SSSR count). The van der Waals surface area contributed by atoms with Gasteiger partial charge in [-0.05, 0) is 25.0 Å². The smallest absolute Gasteiger partial charge is 0.323 e. The lowest BCUT2D eigenvalue weighted by Gasteiger charge is -2.30. The first kappa shape index (κ1) is 18.3. The fraction of sp³-hybridized carbons (Fsp3) is 0.438. The highest BCUT2D eigenvalue weighted by atomic mass is 35.5. The molecule has 1 aliphatic carbocycles. The van der Waals surface area contributed by atoms with E-state index in [9.17, 15) is 14.4 Å². The van der Waals surface area contributed by atoms with Crippen molar-refractivity contribution in [1.29, 1.82) is 0 Å². The van der Waals surface area contributed by atoms with Crippen molar-refractivity contribution < 1.29 is 14.4 Å². The molecule has 6 nitrogen and oxygen atoms in total. The number of benzene rings is 1. The SMILES string of the molecule is O=C(CN1C(=O)NC2(CCCCC2)C1=O)Nc1c(Cl)cc(Cl)cc1Cl. The summed E-state index contributed by atoms with van der Waals surface area (Å²) in [6.45, 7) is -0.401. The van der Waals surface area contributed by atoms with Gasteiger partial charge in [-0.15, -0.1) is 0 Å². The zero-order valence-electron chi connectivity index (χ0n) is 13.2. The van der Waals surface area contributed by atoms with E-state index in [4.69, 9.17) is 34.8 Å². The van der Waals surface area contributed by atoms with Gasteiger partial charge < -0.3 is 10.6 Å². The number of urea groups is 1. The van der Waals surface area contributed by atoms with Crippen LogP contribution in [0.25, 0.3) is 0 Å². The Morgan fingerprint density at radius 3 is 2.32 bits per heavy atom. The summed E-state index contributed by atoms with van der Waals surface area (Å²) in [7, 11) is 0. The molecule has 9 heteroatoms. The van der Waals surface area contributed by atoms with Crippen molar-refractivity contribution in [2.75, 3.05) is 11.9 Å². The molecule has 1 aromatic rings. The van der Waals surface area contributed by atoms with Crippen LogP contribution < -0.4 is 10.6 Å². The van der Waals surface area contributed by atoms with Gasteiger partial charge in [0.05, 0.1) is 15.7 Å². The van der Waals surface area contributed by atoms with Crippen LogP contribution in [-0.4, -0.2) is 34.8 Å². The van der Waals surface area contributed by atoms with Crippen molar-refractivity contribution in [3.8, 4) is 0 Å². The topological polar surface area (TPSA) is 78.5 Å². The van der Waals surface area contributed by atoms with Gasteiger partial charge in [-0.1, -0.05) is 54.1 Å². The summed E-state index contributed by atoms with van der Waals surface area (Å²) in [6, 6.07) is 2.33. The fourth-order valence-corrected chi connectivity index (χ4v) is 4.21. The molecule has 0 aromatic heterocycles. The predicted molar refractivity (Wildman–Crippen MR) is 96.2 cm³/mol. The Morgan fingerprint density at radius 1 is 1.12 bits per heavy atom. The molecule has 1 aliphatic heterocycles. The van der Waals surface area contributed by atoms with Crippen molar-refractivity contribution in [1.82, 2.24) is 10.2 Å². The Hall–Kier alpha value is -1.50. The Labute approximate surface area is 159 Å². The van der Waals surface area contributed by atoms with Gasteiger partial charge in [0, 0.05) is 5.02 Å². The summed E-state index contributed by atoms with van der Waals surface area (Å²) in [6.07, 6.45) is 4.00. The normalized spacial score (nSPS) is 19.2. The second kappa shape index (κ2) is 7.02. The Kier molecular flexibility index (Phi) is 5.14. The maximum Gasteiger partial charge on any atom is 0.325 e. The Bertz CT molecular complexity index is 724. The average molecular weight is 405 g/mol. The van der Waals surface area contributed by atoms with E-state index in [2.05, 4.69) is 10.6 Å². The molecule has 25 heavy (non-hydrogen) atoms. The molecule has 2 N–H and O–H groups in total. The van der Waals surface area contributed by atoms with Crippen molar-refractivity contribution in [3.05, 3.63) is 27.2 Å². The standard InChI is InChI=1S/C16H16Cl3N3O3/c17-9-6-10(18)13(11(19)7-9)20-12(23)8-22-14(24)16(21-15(22)25)4-2-1-3-5-16/h6-7H,1-5,8H2,(H,20,23)(H,21,25). The molecule has 2 fully saturated rings. The number of carbonyl (C=O) groups is 3. The van der Waals surface area contributed by atoms with Crippen LogP contribution in [0.1, 0.15) is 32.1 Å². The molecule has 1 saturated heterocycles. The molecular weight excluding hydrogens is 389 g/mol. The summed E-state index contributed by atoms with van der Waals surface area (Å²) in [5, 5.41) is 5.97. The van der Waals surface area contributed by atoms with Gasteiger partial charge in [0.2, 0.25) is 5.91 Å². The molecule has 4 amide bonds. The van der Waals surface area contributed by atoms with E-state index in [1.54, 1.807) is 0 Å². The Morgan fingerprint density at radius 2 is 1.72 bits per heavy atom. The third kappa shape index (κ3) is 3.57. The minimum absolute atomic E-state index is 0.173. The minimum atomic E-state index is -0.856. The molecule has 0 bridgehead atoms. The van der Waals surface area contributed by atoms with Crippen LogP contribution in [-0.2, 0) is 9.59 Å². The van der Waals surface area contributed by atoms with Crippen LogP contribution in [0.5, 0.6) is 0 Å². The number of anilines is 1. The van der Waals surface area contributed by atoms with Crippen molar-refractivity contribution in [2.45, 2.75) is 37.6 Å². The summed E-state index contributed by atoms with van der Waals surface area (Å²) < 4.78 is 0. The van der Waals surface area contributed by atoms with E-state index in [1.807, 2.05) is 0 Å². The molecule has 1 heterocycles. The first-order valence-corrected chi connectivity index (χ1v) is 9.04. The second-order valence-electron chi connectivity index (χ2n) is 6.26. The highest BCUT2D eigenvalue weighted by Gasteiger charge is 2.51. The predicted octanol–water partition coefficient (Wildman–Crippen LogP) is 3.84. The van der Waals surface area contributed by atoms with Crippen LogP contribution in [0.15, 0.2) is 12.1 Å². The lowest BCUT2D eigenvalue weighted by Crippen LogP contribution is -2.48. The number of carbonyl (C=O) groups excluding carboxylic acids is 3. The summed E-state index contributed by atoms with van der Waals surface area (Å²) >= 11 is 17.9. The molecule has 0 unspecified atom stereocenters. The molecule has 2 aliphatic rings. The van der Waals surface area contributed by atoms with Gasteiger partial charge in [-0.2, -0.15) is 0 Å². The number of amides is 4. The van der Waals surface area contributed by atoms with E-state index >= 15 is 0 Å². The number of nitrogens with zero attached hydrogens (tertiary/aromatic N) is 1. The number of rotatable bonds is 3. The molecule has 1 spiro atoms. The van der Waals surface area contributed by atoms with Gasteiger partial charge in [0.1, 0.15) is 12.1 Å². The van der Waals surface area contributed by atoms with Gasteiger partial charge in [-0.3, -0.25) is 14.5 Å². The summed E-state index contributed by atoms with van der Waals surface area (Å²) in [5.41, 5.74) is -0.664. The van der Waals surface area contributed by atoms with Gasteiger partial charge in [0.25, 0.3) is 5.91 Å². The number of imide groups is 1. The van der Waals surface area contributed by atoms with E-state index in [0.29, 0.717) is 17.9 Å². The van der Waals surface area contributed by atoms with E-state index < -0.39 is 24.0 Å². The number of hydrogen-bond donors (Lipinski definition) is 2. The highest BCUT2D eigenvalue weighted by Crippen LogP contribution is 2.35. The van der Waals surface area contributed by atoms with Crippen LogP contribution in [0, 0.1) is 0 Å². The summed E-state index contributed by atoms with van der Waals surface area (Å²) in [4.78, 5) is 38.0. The molecule has 0 atom stereocenters. The second-order valence-corrected chi connectivity index (χ2v) is 7.51. The van der Waals surface area contributed by atoms with Crippen LogP contribution in [0.2, 0.25) is 15.1 Å². The monoisotopic (exact) mass is 403 g/mol. The van der Waals surface area contributed by atoms with Gasteiger partial charge in [-0.25, -0.2) is 4.79 Å². The molecular formula is C16H16Cl3N3O3. The fourth-order valence-electron chi connectivity index (χ4n) is 3.30. The number of hydrogen-bond acceptors (Lipinski definition) is 3. The molecule has 134 valence electrons. The molecule has 1 aromatic carbocycles. The quantitative estimate of drug-likeness (QED) is 0.751. The summed E-state index contributed by atoms with van der Waals surface area (Å²) in [5.74, 6) is -0.914. The minimum Gasteiger partial charge on any atom is -0.323 e. The number of nitrogens with one attached hydrogen (secondary N) is 2. The van der Waals surface area contributed by atoms with Crippen molar-refractivity contribution in [2.24, 2.45) is 0 Å². The lowest BCUT2D eigenvalue weighted by atomic mass is 9.82. The maximum absolute atomic E-state index is 12.7. The van der Waals surface area contributed by atoms with E-state index in [0.717, 1.165) is 24.2 Å². The first-order valence-electron chi connectivity index (χ1n) is 7.91. The first-order chi connectivity index (χ1) is 11.8. The average Bonchev–Trinajstić information content (AvgIpc) is 2.76. The van der Waals surface area contributed by atoms with E-state index in [-0.39, 0.29) is 21.6 Å². The number of halogens is 3. The van der Waals surface area contributed by atoms with Crippen molar-refractivity contribution >= 4 is 58.3 Å². The van der Waals surface area contributed by atoms with Crippen LogP contribution in [0.4, 0.5) is 10.5 Å². The third-order valence-corrected chi connectivity index (χ3v) is 5.34. The van der Waals surface area contributed by atoms with Crippen LogP contribution >= 0.6 is 34.8 Å². The van der Waals surface area contributed by atoms with Crippen LogP contribution in [0.3, 0.4) is 0 Å². The lowest BCUT2D eigenvalue weighted by molar-refractivity contribution is -0.134. The molecule has 1 saturated carbocycles. The zero-order chi connectivity index (χ0) is 18.2. The third-order valence-electron chi connectivity index (χ3n) is 4.53. The zero-order valence-corrected chi connectivity index (χ0v) is 15.5. The van der Waals surface area contributed by atoms with Gasteiger partial charge in [0.15, 0.2) is 0 Å². The highest BCUT2D eigenvalue weighted by molar-refractivity contribution is 6.42. The molecule has 0 radical (unpaired) electrons. The van der Waals surface area contributed by atoms with E-state index in [1.165, 1.54) is 12.1 Å². The Balaban J connectivity index is 1.71. The van der Waals surface area contributed by atoms with Gasteiger partial charge >= 0.3 is 6.03 Å². The largest absolute Gasteiger partial charge is 0.325 e. The maximum atomic E-state index is 12.7. The van der Waals surface area contributed by atoms with Crippen molar-refractivity contribution in [3.63, 3.8) is 0 Å².